The molecule has 1 aromatic carbocycles. The molecule has 1 rings (SSSR count). The highest BCUT2D eigenvalue weighted by Crippen LogP contribution is 2.20. The van der Waals surface area contributed by atoms with E-state index in [4.69, 9.17) is 5.11 Å². The minimum atomic E-state index is -0.922. The van der Waals surface area contributed by atoms with E-state index < -0.39 is 5.97 Å². The molecular formula is C16H19NO3. The lowest BCUT2D eigenvalue weighted by Gasteiger charge is -2.22. The zero-order valence-electron chi connectivity index (χ0n) is 11.7. The number of anilines is 1. The van der Waals surface area contributed by atoms with E-state index in [0.29, 0.717) is 0 Å². The van der Waals surface area contributed by atoms with E-state index in [1.54, 1.807) is 12.2 Å². The van der Waals surface area contributed by atoms with Gasteiger partial charge >= 0.3 is 5.97 Å². The van der Waals surface area contributed by atoms with Crippen LogP contribution < -0.4 is 4.90 Å². The summed E-state index contributed by atoms with van der Waals surface area (Å²) in [6.45, 7) is 3.91. The van der Waals surface area contributed by atoms with Crippen molar-refractivity contribution < 1.29 is 14.7 Å². The van der Waals surface area contributed by atoms with Gasteiger partial charge in [-0.1, -0.05) is 36.4 Å². The molecule has 0 atom stereocenters. The molecule has 1 amide bonds. The van der Waals surface area contributed by atoms with Crippen LogP contribution in [0.2, 0.25) is 0 Å². The van der Waals surface area contributed by atoms with E-state index in [9.17, 15) is 9.59 Å². The van der Waals surface area contributed by atoms with Gasteiger partial charge in [-0.15, -0.1) is 0 Å². The number of hydrogen-bond acceptors (Lipinski definition) is 2. The largest absolute Gasteiger partial charge is 0.481 e. The van der Waals surface area contributed by atoms with Gasteiger partial charge in [-0.25, -0.2) is 0 Å². The first-order valence-corrected chi connectivity index (χ1v) is 6.44. The van der Waals surface area contributed by atoms with E-state index in [1.165, 1.54) is 11.0 Å². The zero-order chi connectivity index (χ0) is 15.0. The van der Waals surface area contributed by atoms with Crippen LogP contribution in [-0.4, -0.2) is 23.5 Å². The van der Waals surface area contributed by atoms with Crippen molar-refractivity contribution >= 4 is 17.6 Å². The van der Waals surface area contributed by atoms with Gasteiger partial charge in [-0.3, -0.25) is 9.59 Å². The van der Waals surface area contributed by atoms with E-state index in [-0.39, 0.29) is 18.9 Å². The van der Waals surface area contributed by atoms with Gasteiger partial charge in [-0.2, -0.15) is 0 Å². The first kappa shape index (κ1) is 15.7. The highest BCUT2D eigenvalue weighted by atomic mass is 16.4. The topological polar surface area (TPSA) is 57.6 Å². The summed E-state index contributed by atoms with van der Waals surface area (Å²) in [6.07, 6.45) is 6.57. The standard InChI is InChI=1S/C16H19NO3/c1-3-4-5-10-15(18)17(12-11-16(19)20)14-9-7-6-8-13(14)2/h3-10H,11-12H2,1-2H3,(H,19,20)/b4-3+,10-5+. The molecule has 1 N–H and O–H groups in total. The number of nitrogens with zero attached hydrogens (tertiary/aromatic N) is 1. The fourth-order valence-electron chi connectivity index (χ4n) is 1.76. The molecule has 0 aliphatic carbocycles. The molecule has 4 heteroatoms. The highest BCUT2D eigenvalue weighted by Gasteiger charge is 2.15. The number of para-hydroxylation sites is 1. The molecule has 0 bridgehead atoms. The van der Waals surface area contributed by atoms with Gasteiger partial charge in [0.05, 0.1) is 6.42 Å². The van der Waals surface area contributed by atoms with Crippen LogP contribution in [0.1, 0.15) is 18.9 Å². The minimum Gasteiger partial charge on any atom is -0.481 e. The van der Waals surface area contributed by atoms with Crippen molar-refractivity contribution in [2.24, 2.45) is 0 Å². The number of benzene rings is 1. The maximum absolute atomic E-state index is 12.2. The molecule has 0 radical (unpaired) electrons. The number of carboxylic acid groups (broad SMARTS) is 1. The number of amides is 1. The summed E-state index contributed by atoms with van der Waals surface area (Å²) < 4.78 is 0. The maximum atomic E-state index is 12.2. The smallest absolute Gasteiger partial charge is 0.305 e. The van der Waals surface area contributed by atoms with Crippen molar-refractivity contribution in [3.63, 3.8) is 0 Å². The molecule has 0 heterocycles. The van der Waals surface area contributed by atoms with Gasteiger partial charge in [0.1, 0.15) is 0 Å². The second-order valence-electron chi connectivity index (χ2n) is 4.31. The van der Waals surface area contributed by atoms with Crippen molar-refractivity contribution in [2.45, 2.75) is 20.3 Å². The first-order chi connectivity index (χ1) is 9.56. The van der Waals surface area contributed by atoms with E-state index in [2.05, 4.69) is 0 Å². The third-order valence-corrected chi connectivity index (χ3v) is 2.76. The van der Waals surface area contributed by atoms with Crippen LogP contribution in [-0.2, 0) is 9.59 Å². The number of aryl methyl sites for hydroxylation is 1. The molecule has 1 aromatic rings. The quantitative estimate of drug-likeness (QED) is 0.640. The van der Waals surface area contributed by atoms with E-state index >= 15 is 0 Å². The number of aliphatic carboxylic acids is 1. The van der Waals surface area contributed by atoms with Crippen LogP contribution in [0.3, 0.4) is 0 Å². The van der Waals surface area contributed by atoms with Crippen LogP contribution >= 0.6 is 0 Å². The highest BCUT2D eigenvalue weighted by molar-refractivity contribution is 6.02. The van der Waals surface area contributed by atoms with Gasteiger partial charge in [0, 0.05) is 18.3 Å². The molecule has 0 aliphatic rings. The lowest BCUT2D eigenvalue weighted by Crippen LogP contribution is -2.32. The molecule has 0 unspecified atom stereocenters. The van der Waals surface area contributed by atoms with Crippen LogP contribution in [0.15, 0.2) is 48.6 Å². The summed E-state index contributed by atoms with van der Waals surface area (Å²) in [6, 6.07) is 7.43. The van der Waals surface area contributed by atoms with Gasteiger partial charge in [0.15, 0.2) is 0 Å². The molecule has 0 fully saturated rings. The molecular weight excluding hydrogens is 254 g/mol. The number of carbonyl (C=O) groups is 2. The lowest BCUT2D eigenvalue weighted by atomic mass is 10.1. The SMILES string of the molecule is C/C=C/C=C/C(=O)N(CCC(=O)O)c1ccccc1C. The Hall–Kier alpha value is -2.36. The average Bonchev–Trinajstić information content (AvgIpc) is 2.41. The lowest BCUT2D eigenvalue weighted by molar-refractivity contribution is -0.136. The van der Waals surface area contributed by atoms with Gasteiger partial charge in [-0.05, 0) is 25.5 Å². The van der Waals surface area contributed by atoms with Crippen molar-refractivity contribution in [1.82, 2.24) is 0 Å². The van der Waals surface area contributed by atoms with Crippen molar-refractivity contribution in [3.8, 4) is 0 Å². The second-order valence-corrected chi connectivity index (χ2v) is 4.31. The molecule has 106 valence electrons. The van der Waals surface area contributed by atoms with Crippen molar-refractivity contribution in [2.75, 3.05) is 11.4 Å². The van der Waals surface area contributed by atoms with Crippen LogP contribution in [0.5, 0.6) is 0 Å². The summed E-state index contributed by atoms with van der Waals surface area (Å²) in [5, 5.41) is 8.81. The molecule has 0 spiro atoms. The molecule has 4 nitrogen and oxygen atoms in total. The Morgan fingerprint density at radius 1 is 1.25 bits per heavy atom. The first-order valence-electron chi connectivity index (χ1n) is 6.44. The van der Waals surface area contributed by atoms with Crippen molar-refractivity contribution in [3.05, 3.63) is 54.1 Å². The van der Waals surface area contributed by atoms with E-state index in [1.807, 2.05) is 44.2 Å². The second kappa shape index (κ2) is 7.94. The van der Waals surface area contributed by atoms with Gasteiger partial charge < -0.3 is 10.0 Å². The number of carbonyl (C=O) groups excluding carboxylic acids is 1. The number of hydrogen-bond donors (Lipinski definition) is 1. The predicted molar refractivity (Wildman–Crippen MR) is 79.7 cm³/mol. The minimum absolute atomic E-state index is 0.0858. The summed E-state index contributed by atoms with van der Waals surface area (Å²) in [4.78, 5) is 24.4. The Morgan fingerprint density at radius 3 is 2.55 bits per heavy atom. The zero-order valence-corrected chi connectivity index (χ0v) is 11.7. The molecule has 0 aliphatic heterocycles. The number of carboxylic acids is 1. The van der Waals surface area contributed by atoms with E-state index in [0.717, 1.165) is 11.3 Å². The average molecular weight is 273 g/mol. The fraction of sp³-hybridized carbons (Fsp3) is 0.250. The van der Waals surface area contributed by atoms with Gasteiger partial charge in [0.25, 0.3) is 5.91 Å². The van der Waals surface area contributed by atoms with Crippen LogP contribution in [0.4, 0.5) is 5.69 Å². The monoisotopic (exact) mass is 273 g/mol. The number of allylic oxidation sites excluding steroid dienone is 3. The summed E-state index contributed by atoms with van der Waals surface area (Å²) in [5.41, 5.74) is 1.68. The Balaban J connectivity index is 2.99. The Bertz CT molecular complexity index is 532. The van der Waals surface area contributed by atoms with Crippen LogP contribution in [0.25, 0.3) is 0 Å². The Kier molecular flexibility index (Phi) is 6.23. The fourth-order valence-corrected chi connectivity index (χ4v) is 1.76. The maximum Gasteiger partial charge on any atom is 0.305 e. The molecule has 0 saturated heterocycles. The predicted octanol–water partition coefficient (Wildman–Crippen LogP) is 2.94. The third-order valence-electron chi connectivity index (χ3n) is 2.76. The molecule has 0 aromatic heterocycles. The Labute approximate surface area is 119 Å². The van der Waals surface area contributed by atoms with Crippen LogP contribution in [0, 0.1) is 6.92 Å². The molecule has 0 saturated carbocycles. The normalized spacial score (nSPS) is 11.1. The molecule has 20 heavy (non-hydrogen) atoms. The number of rotatable bonds is 6. The Morgan fingerprint density at radius 2 is 1.95 bits per heavy atom. The third kappa shape index (κ3) is 4.72. The van der Waals surface area contributed by atoms with Crippen molar-refractivity contribution in [1.29, 1.82) is 0 Å². The summed E-state index contributed by atoms with van der Waals surface area (Å²) in [7, 11) is 0. The summed E-state index contributed by atoms with van der Waals surface area (Å²) in [5.74, 6) is -1.15. The van der Waals surface area contributed by atoms with Gasteiger partial charge in [0.2, 0.25) is 0 Å². The summed E-state index contributed by atoms with van der Waals surface area (Å²) >= 11 is 0.